The maximum Gasteiger partial charge on any atom is 0.221 e. The molecule has 0 bridgehead atoms. The van der Waals surface area contributed by atoms with Gasteiger partial charge in [0.05, 0.1) is 7.11 Å². The molecule has 1 unspecified atom stereocenters. The van der Waals surface area contributed by atoms with Gasteiger partial charge in [-0.2, -0.15) is 0 Å². The first-order valence-electron chi connectivity index (χ1n) is 6.27. The molecular weight excluding hydrogens is 230 g/mol. The van der Waals surface area contributed by atoms with Gasteiger partial charge in [-0.3, -0.25) is 4.79 Å². The third-order valence-electron chi connectivity index (χ3n) is 3.09. The van der Waals surface area contributed by atoms with Gasteiger partial charge in [0.2, 0.25) is 11.8 Å². The third kappa shape index (κ3) is 3.70. The third-order valence-corrected chi connectivity index (χ3v) is 3.09. The predicted octanol–water partition coefficient (Wildman–Crippen LogP) is 0.848. The van der Waals surface area contributed by atoms with Crippen molar-refractivity contribution in [3.63, 3.8) is 0 Å². The summed E-state index contributed by atoms with van der Waals surface area (Å²) in [5, 5.41) is 6.21. The van der Waals surface area contributed by atoms with Gasteiger partial charge in [0, 0.05) is 31.3 Å². The van der Waals surface area contributed by atoms with Crippen LogP contribution in [0.15, 0.2) is 18.3 Å². The van der Waals surface area contributed by atoms with E-state index < -0.39 is 0 Å². The highest BCUT2D eigenvalue weighted by Crippen LogP contribution is 2.09. The number of methoxy groups -OCH3 is 1. The zero-order chi connectivity index (χ0) is 12.8. The zero-order valence-corrected chi connectivity index (χ0v) is 10.6. The number of amides is 1. The summed E-state index contributed by atoms with van der Waals surface area (Å²) in [7, 11) is 1.58. The van der Waals surface area contributed by atoms with E-state index in [1.54, 1.807) is 19.4 Å². The average molecular weight is 249 g/mol. The molecule has 1 fully saturated rings. The SMILES string of the molecule is COc1ccc(CNC(=O)CC2CCCN2)cn1. The zero-order valence-electron chi connectivity index (χ0n) is 10.6. The van der Waals surface area contributed by atoms with Gasteiger partial charge in [-0.1, -0.05) is 6.07 Å². The number of hydrogen-bond acceptors (Lipinski definition) is 4. The molecule has 2 rings (SSSR count). The van der Waals surface area contributed by atoms with Crippen molar-refractivity contribution in [3.05, 3.63) is 23.9 Å². The Balaban J connectivity index is 1.74. The van der Waals surface area contributed by atoms with Gasteiger partial charge in [0.15, 0.2) is 0 Å². The molecule has 2 N–H and O–H groups in total. The Kier molecular flexibility index (Phi) is 4.52. The summed E-state index contributed by atoms with van der Waals surface area (Å²) in [5.41, 5.74) is 0.975. The topological polar surface area (TPSA) is 63.2 Å². The molecule has 98 valence electrons. The van der Waals surface area contributed by atoms with Gasteiger partial charge in [0.1, 0.15) is 0 Å². The standard InChI is InChI=1S/C13H19N3O2/c1-18-13-5-4-10(9-16-13)8-15-12(17)7-11-3-2-6-14-11/h4-5,9,11,14H,2-3,6-8H2,1H3,(H,15,17). The summed E-state index contributed by atoms with van der Waals surface area (Å²) in [6.07, 6.45) is 4.54. The number of aromatic nitrogens is 1. The van der Waals surface area contributed by atoms with E-state index in [1.807, 2.05) is 6.07 Å². The summed E-state index contributed by atoms with van der Waals surface area (Å²) in [6.45, 7) is 1.54. The highest BCUT2D eigenvalue weighted by atomic mass is 16.5. The molecule has 5 nitrogen and oxygen atoms in total. The quantitative estimate of drug-likeness (QED) is 0.812. The molecule has 0 aromatic carbocycles. The van der Waals surface area contributed by atoms with Crippen molar-refractivity contribution in [1.29, 1.82) is 0 Å². The molecule has 1 aliphatic heterocycles. The molecule has 0 saturated carbocycles. The van der Waals surface area contributed by atoms with Crippen LogP contribution in [0, 0.1) is 0 Å². The lowest BCUT2D eigenvalue weighted by Gasteiger charge is -2.10. The lowest BCUT2D eigenvalue weighted by atomic mass is 10.1. The van der Waals surface area contributed by atoms with E-state index in [4.69, 9.17) is 4.74 Å². The number of hydrogen-bond donors (Lipinski definition) is 2. The molecule has 1 aromatic heterocycles. The van der Waals surface area contributed by atoms with E-state index in [9.17, 15) is 4.79 Å². The second-order valence-electron chi connectivity index (χ2n) is 4.48. The fourth-order valence-electron chi connectivity index (χ4n) is 2.06. The largest absolute Gasteiger partial charge is 0.481 e. The first-order chi connectivity index (χ1) is 8.78. The van der Waals surface area contributed by atoms with Crippen LogP contribution in [0.5, 0.6) is 5.88 Å². The van der Waals surface area contributed by atoms with Gasteiger partial charge in [0.25, 0.3) is 0 Å². The Bertz CT molecular complexity index is 386. The number of nitrogens with one attached hydrogen (secondary N) is 2. The van der Waals surface area contributed by atoms with E-state index in [0.717, 1.165) is 18.5 Å². The summed E-state index contributed by atoms with van der Waals surface area (Å²) < 4.78 is 4.98. The van der Waals surface area contributed by atoms with Gasteiger partial charge < -0.3 is 15.4 Å². The fraction of sp³-hybridized carbons (Fsp3) is 0.538. The predicted molar refractivity (Wildman–Crippen MR) is 68.3 cm³/mol. The molecule has 1 aliphatic rings. The van der Waals surface area contributed by atoms with Gasteiger partial charge in [-0.15, -0.1) is 0 Å². The van der Waals surface area contributed by atoms with Crippen LogP contribution >= 0.6 is 0 Å². The maximum absolute atomic E-state index is 11.7. The van der Waals surface area contributed by atoms with Crippen LogP contribution in [0.4, 0.5) is 0 Å². The highest BCUT2D eigenvalue weighted by molar-refractivity contribution is 5.76. The van der Waals surface area contributed by atoms with Crippen LogP contribution in [0.2, 0.25) is 0 Å². The molecule has 1 atom stereocenters. The number of carbonyl (C=O) groups is 1. The van der Waals surface area contributed by atoms with E-state index in [0.29, 0.717) is 24.9 Å². The smallest absolute Gasteiger partial charge is 0.221 e. The molecule has 0 aliphatic carbocycles. The van der Waals surface area contributed by atoms with E-state index in [-0.39, 0.29) is 5.91 Å². The van der Waals surface area contributed by atoms with Crippen LogP contribution in [0.1, 0.15) is 24.8 Å². The van der Waals surface area contributed by atoms with Crippen molar-refractivity contribution in [1.82, 2.24) is 15.6 Å². The van der Waals surface area contributed by atoms with Crippen LogP contribution in [0.3, 0.4) is 0 Å². The normalized spacial score (nSPS) is 18.6. The summed E-state index contributed by atoms with van der Waals surface area (Å²) >= 11 is 0. The number of nitrogens with zero attached hydrogens (tertiary/aromatic N) is 1. The Hall–Kier alpha value is -1.62. The second kappa shape index (κ2) is 6.35. The molecule has 2 heterocycles. The molecule has 5 heteroatoms. The van der Waals surface area contributed by atoms with Crippen LogP contribution in [-0.2, 0) is 11.3 Å². The minimum atomic E-state index is 0.0882. The van der Waals surface area contributed by atoms with Crippen LogP contribution in [0.25, 0.3) is 0 Å². The highest BCUT2D eigenvalue weighted by Gasteiger charge is 2.17. The molecule has 1 amide bonds. The number of pyridine rings is 1. The van der Waals surface area contributed by atoms with E-state index in [2.05, 4.69) is 15.6 Å². The molecule has 0 spiro atoms. The van der Waals surface area contributed by atoms with Gasteiger partial charge in [-0.25, -0.2) is 4.98 Å². The first kappa shape index (κ1) is 12.8. The number of rotatable bonds is 5. The molecule has 1 aromatic rings. The Labute approximate surface area is 107 Å². The molecular formula is C13H19N3O2. The van der Waals surface area contributed by atoms with Gasteiger partial charge >= 0.3 is 0 Å². The minimum absolute atomic E-state index is 0.0882. The van der Waals surface area contributed by atoms with Crippen molar-refractivity contribution >= 4 is 5.91 Å². The van der Waals surface area contributed by atoms with Crippen molar-refractivity contribution in [3.8, 4) is 5.88 Å². The molecule has 1 saturated heterocycles. The van der Waals surface area contributed by atoms with E-state index in [1.165, 1.54) is 6.42 Å². The summed E-state index contributed by atoms with van der Waals surface area (Å²) in [4.78, 5) is 15.8. The number of ether oxygens (including phenoxy) is 1. The minimum Gasteiger partial charge on any atom is -0.481 e. The van der Waals surface area contributed by atoms with Crippen molar-refractivity contribution in [2.45, 2.75) is 31.8 Å². The summed E-state index contributed by atoms with van der Waals surface area (Å²) in [5.74, 6) is 0.672. The van der Waals surface area contributed by atoms with Gasteiger partial charge in [-0.05, 0) is 24.9 Å². The first-order valence-corrected chi connectivity index (χ1v) is 6.27. The lowest BCUT2D eigenvalue weighted by Crippen LogP contribution is -2.31. The van der Waals surface area contributed by atoms with Crippen molar-refractivity contribution in [2.75, 3.05) is 13.7 Å². The fourth-order valence-corrected chi connectivity index (χ4v) is 2.06. The Morgan fingerprint density at radius 1 is 1.61 bits per heavy atom. The van der Waals surface area contributed by atoms with E-state index >= 15 is 0 Å². The molecule has 0 radical (unpaired) electrons. The van der Waals surface area contributed by atoms with Crippen LogP contribution < -0.4 is 15.4 Å². The Morgan fingerprint density at radius 3 is 3.11 bits per heavy atom. The monoisotopic (exact) mass is 249 g/mol. The molecule has 18 heavy (non-hydrogen) atoms. The Morgan fingerprint density at radius 2 is 2.50 bits per heavy atom. The summed E-state index contributed by atoms with van der Waals surface area (Å²) in [6, 6.07) is 4.04. The van der Waals surface area contributed by atoms with Crippen molar-refractivity contribution in [2.24, 2.45) is 0 Å². The second-order valence-corrected chi connectivity index (χ2v) is 4.48. The lowest BCUT2D eigenvalue weighted by molar-refractivity contribution is -0.121. The van der Waals surface area contributed by atoms with Crippen LogP contribution in [-0.4, -0.2) is 30.6 Å². The average Bonchev–Trinajstić information content (AvgIpc) is 2.90. The maximum atomic E-state index is 11.7. The van der Waals surface area contributed by atoms with Crippen molar-refractivity contribution < 1.29 is 9.53 Å². The number of carbonyl (C=O) groups excluding carboxylic acids is 1.